The lowest BCUT2D eigenvalue weighted by atomic mass is 10.3. The highest BCUT2D eigenvalue weighted by Crippen LogP contribution is 2.26. The number of nitrogens with one attached hydrogen (secondary N) is 1. The number of halogens is 2. The van der Waals surface area contributed by atoms with Gasteiger partial charge < -0.3 is 5.73 Å². The molecule has 2 unspecified atom stereocenters. The molecule has 0 aliphatic heterocycles. The minimum Gasteiger partial charge on any atom is -0.398 e. The van der Waals surface area contributed by atoms with Gasteiger partial charge in [-0.1, -0.05) is 0 Å². The molecular formula is C10H14BrFN2O3S2. The predicted octanol–water partition coefficient (Wildman–Crippen LogP) is 1.22. The van der Waals surface area contributed by atoms with Crippen LogP contribution in [0.15, 0.2) is 21.5 Å². The molecule has 0 saturated carbocycles. The summed E-state index contributed by atoms with van der Waals surface area (Å²) in [7, 11) is -5.01. The van der Waals surface area contributed by atoms with Gasteiger partial charge in [-0.3, -0.25) is 4.21 Å². The average Bonchev–Trinajstić information content (AvgIpc) is 2.20. The van der Waals surface area contributed by atoms with Crippen LogP contribution in [0.2, 0.25) is 0 Å². The van der Waals surface area contributed by atoms with E-state index in [1.54, 1.807) is 6.92 Å². The fraction of sp³-hybridized carbons (Fsp3) is 0.400. The summed E-state index contributed by atoms with van der Waals surface area (Å²) in [4.78, 5) is -0.213. The van der Waals surface area contributed by atoms with E-state index in [1.165, 1.54) is 6.26 Å². The van der Waals surface area contributed by atoms with E-state index in [2.05, 4.69) is 20.7 Å². The SMILES string of the molecule is CC(CS(C)=O)NS(=O)(=O)c1cc(Br)c(F)cc1N. The lowest BCUT2D eigenvalue weighted by Gasteiger charge is -2.14. The van der Waals surface area contributed by atoms with Gasteiger partial charge in [-0.25, -0.2) is 17.5 Å². The first-order valence-electron chi connectivity index (χ1n) is 5.20. The van der Waals surface area contributed by atoms with Gasteiger partial charge in [0.05, 0.1) is 10.2 Å². The molecule has 0 aliphatic carbocycles. The van der Waals surface area contributed by atoms with Crippen molar-refractivity contribution in [2.24, 2.45) is 0 Å². The zero-order valence-electron chi connectivity index (χ0n) is 10.3. The monoisotopic (exact) mass is 372 g/mol. The summed E-state index contributed by atoms with van der Waals surface area (Å²) in [6.07, 6.45) is 1.48. The molecule has 0 heterocycles. The molecule has 0 radical (unpaired) electrons. The van der Waals surface area contributed by atoms with Crippen molar-refractivity contribution < 1.29 is 17.0 Å². The van der Waals surface area contributed by atoms with Gasteiger partial charge in [0.25, 0.3) is 0 Å². The molecule has 0 amide bonds. The maximum absolute atomic E-state index is 13.2. The van der Waals surface area contributed by atoms with Crippen molar-refractivity contribution in [2.45, 2.75) is 17.9 Å². The Hall–Kier alpha value is -0.510. The van der Waals surface area contributed by atoms with Gasteiger partial charge in [0.2, 0.25) is 10.0 Å². The van der Waals surface area contributed by atoms with Crippen LogP contribution in [0, 0.1) is 5.82 Å². The summed E-state index contributed by atoms with van der Waals surface area (Å²) in [5.41, 5.74) is 5.33. The Bertz CT molecular complexity index is 607. The molecule has 108 valence electrons. The number of nitrogens with two attached hydrogens (primary N) is 1. The van der Waals surface area contributed by atoms with Crippen molar-refractivity contribution in [1.29, 1.82) is 0 Å². The molecular weight excluding hydrogens is 359 g/mol. The summed E-state index contributed by atoms with van der Waals surface area (Å²) in [6, 6.07) is 1.52. The summed E-state index contributed by atoms with van der Waals surface area (Å²) in [5, 5.41) is 0. The van der Waals surface area contributed by atoms with Crippen LogP contribution in [0.5, 0.6) is 0 Å². The second kappa shape index (κ2) is 6.29. The van der Waals surface area contributed by atoms with Crippen molar-refractivity contribution in [3.05, 3.63) is 22.4 Å². The third kappa shape index (κ3) is 4.51. The van der Waals surface area contributed by atoms with Crippen molar-refractivity contribution in [3.63, 3.8) is 0 Å². The first kappa shape index (κ1) is 16.5. The number of hydrogen-bond acceptors (Lipinski definition) is 4. The van der Waals surface area contributed by atoms with E-state index in [4.69, 9.17) is 5.73 Å². The molecule has 0 aliphatic rings. The summed E-state index contributed by atoms with van der Waals surface area (Å²) < 4.78 is 50.7. The lowest BCUT2D eigenvalue weighted by molar-refractivity contribution is 0.569. The molecule has 0 fully saturated rings. The van der Waals surface area contributed by atoms with Gasteiger partial charge in [-0.2, -0.15) is 0 Å². The van der Waals surface area contributed by atoms with Crippen LogP contribution in [0.1, 0.15) is 6.92 Å². The fourth-order valence-corrected chi connectivity index (χ4v) is 4.26. The molecule has 1 aromatic rings. The highest BCUT2D eigenvalue weighted by Gasteiger charge is 2.22. The zero-order valence-corrected chi connectivity index (χ0v) is 13.5. The quantitative estimate of drug-likeness (QED) is 0.760. The van der Waals surface area contributed by atoms with Crippen LogP contribution >= 0.6 is 15.9 Å². The maximum atomic E-state index is 13.2. The second-order valence-corrected chi connectivity index (χ2v) is 8.08. The third-order valence-corrected chi connectivity index (χ3v) is 5.41. The molecule has 0 aromatic heterocycles. The van der Waals surface area contributed by atoms with Crippen molar-refractivity contribution >= 4 is 42.4 Å². The van der Waals surface area contributed by atoms with Crippen molar-refractivity contribution in [1.82, 2.24) is 4.72 Å². The van der Waals surface area contributed by atoms with Gasteiger partial charge in [-0.05, 0) is 35.0 Å². The molecule has 0 bridgehead atoms. The van der Waals surface area contributed by atoms with Crippen LogP contribution in [0.3, 0.4) is 0 Å². The number of benzene rings is 1. The first-order valence-corrected chi connectivity index (χ1v) is 9.20. The fourth-order valence-electron chi connectivity index (χ4n) is 1.49. The average molecular weight is 373 g/mol. The molecule has 1 aromatic carbocycles. The van der Waals surface area contributed by atoms with Crippen LogP contribution in [0.4, 0.5) is 10.1 Å². The maximum Gasteiger partial charge on any atom is 0.242 e. The van der Waals surface area contributed by atoms with E-state index in [1.807, 2.05) is 0 Å². The minimum atomic E-state index is -3.88. The summed E-state index contributed by atoms with van der Waals surface area (Å²) in [6.45, 7) is 1.59. The Morgan fingerprint density at radius 2 is 2.11 bits per heavy atom. The van der Waals surface area contributed by atoms with Crippen LogP contribution in [-0.2, 0) is 20.8 Å². The van der Waals surface area contributed by atoms with E-state index < -0.39 is 32.7 Å². The normalized spacial score (nSPS) is 15.2. The predicted molar refractivity (Wildman–Crippen MR) is 77.2 cm³/mol. The van der Waals surface area contributed by atoms with Crippen LogP contribution in [-0.4, -0.2) is 30.7 Å². The molecule has 0 saturated heterocycles. The number of anilines is 1. The molecule has 1 rings (SSSR count). The Balaban J connectivity index is 3.07. The molecule has 9 heteroatoms. The highest BCUT2D eigenvalue weighted by molar-refractivity contribution is 9.10. The summed E-state index contributed by atoms with van der Waals surface area (Å²) in [5.74, 6) is -0.458. The Labute approximate surface area is 122 Å². The van der Waals surface area contributed by atoms with E-state index >= 15 is 0 Å². The first-order chi connectivity index (χ1) is 8.63. The minimum absolute atomic E-state index is 0.00814. The van der Waals surface area contributed by atoms with Gasteiger partial charge >= 0.3 is 0 Å². The number of hydrogen-bond donors (Lipinski definition) is 2. The van der Waals surface area contributed by atoms with E-state index in [0.717, 1.165) is 12.1 Å². The number of sulfonamides is 1. The van der Waals surface area contributed by atoms with E-state index in [-0.39, 0.29) is 20.8 Å². The third-order valence-electron chi connectivity index (χ3n) is 2.18. The Kier molecular flexibility index (Phi) is 5.48. The summed E-state index contributed by atoms with van der Waals surface area (Å²) >= 11 is 2.91. The molecule has 19 heavy (non-hydrogen) atoms. The zero-order chi connectivity index (χ0) is 14.8. The largest absolute Gasteiger partial charge is 0.398 e. The van der Waals surface area contributed by atoms with Crippen molar-refractivity contribution in [3.8, 4) is 0 Å². The lowest BCUT2D eigenvalue weighted by Crippen LogP contribution is -2.36. The van der Waals surface area contributed by atoms with Crippen LogP contribution < -0.4 is 10.5 Å². The highest BCUT2D eigenvalue weighted by atomic mass is 79.9. The van der Waals surface area contributed by atoms with Gasteiger partial charge in [0.1, 0.15) is 10.7 Å². The molecule has 5 nitrogen and oxygen atoms in total. The molecule has 0 spiro atoms. The number of nitrogen functional groups attached to an aromatic ring is 1. The topological polar surface area (TPSA) is 89.3 Å². The van der Waals surface area contributed by atoms with Gasteiger partial charge in [-0.15, -0.1) is 0 Å². The van der Waals surface area contributed by atoms with Gasteiger partial charge in [0.15, 0.2) is 0 Å². The number of rotatable bonds is 5. The molecule has 3 N–H and O–H groups in total. The van der Waals surface area contributed by atoms with E-state index in [9.17, 15) is 17.0 Å². The second-order valence-electron chi connectivity index (χ2n) is 4.07. The smallest absolute Gasteiger partial charge is 0.242 e. The van der Waals surface area contributed by atoms with Gasteiger partial charge in [0, 0.05) is 28.9 Å². The van der Waals surface area contributed by atoms with Crippen molar-refractivity contribution in [2.75, 3.05) is 17.7 Å². The Morgan fingerprint density at radius 1 is 1.53 bits per heavy atom. The molecule has 2 atom stereocenters. The van der Waals surface area contributed by atoms with Crippen LogP contribution in [0.25, 0.3) is 0 Å². The standard InChI is InChI=1S/C10H14BrFN2O3S2/c1-6(5-18(2)15)14-19(16,17)10-3-7(11)8(12)4-9(10)13/h3-4,6,14H,5,13H2,1-2H3. The Morgan fingerprint density at radius 3 is 2.63 bits per heavy atom. The van der Waals surface area contributed by atoms with E-state index in [0.29, 0.717) is 0 Å².